The monoisotopic (exact) mass is 367 g/mol. The second-order valence-corrected chi connectivity index (χ2v) is 8.04. The smallest absolute Gasteiger partial charge is 0.278 e. The molecule has 6 heteroatoms. The zero-order chi connectivity index (χ0) is 19.0. The first kappa shape index (κ1) is 18.0. The number of rotatable bonds is 6. The number of carbonyl (C=O) groups is 1. The second kappa shape index (κ2) is 7.35. The minimum absolute atomic E-state index is 0.0226. The fraction of sp³-hybridized carbons (Fsp3) is 0.524. The molecule has 0 saturated carbocycles. The van der Waals surface area contributed by atoms with Gasteiger partial charge in [0.15, 0.2) is 5.78 Å². The molecule has 4 heterocycles. The number of hydrogen-bond acceptors (Lipinski definition) is 5. The second-order valence-electron chi connectivity index (χ2n) is 8.04. The number of aromatic nitrogens is 1. The summed E-state index contributed by atoms with van der Waals surface area (Å²) >= 11 is 0. The van der Waals surface area contributed by atoms with Gasteiger partial charge >= 0.3 is 0 Å². The molecule has 0 spiro atoms. The minimum atomic E-state index is -0.415. The summed E-state index contributed by atoms with van der Waals surface area (Å²) in [6.07, 6.45) is 4.58. The number of nitrogens with zero attached hydrogens (tertiary/aromatic N) is 3. The van der Waals surface area contributed by atoms with E-state index in [4.69, 9.17) is 0 Å². The minimum Gasteiger partial charge on any atom is -0.303 e. The first-order valence-electron chi connectivity index (χ1n) is 9.83. The summed E-state index contributed by atoms with van der Waals surface area (Å²) in [4.78, 5) is 30.5. The van der Waals surface area contributed by atoms with Crippen LogP contribution in [-0.2, 0) is 0 Å². The number of Topliss-reactive ketones (excluding diaryl/α,β-unsaturated/α-hetero) is 1. The Balaban J connectivity index is 1.44. The van der Waals surface area contributed by atoms with Crippen LogP contribution in [0.4, 0.5) is 5.69 Å². The van der Waals surface area contributed by atoms with E-state index in [-0.39, 0.29) is 17.4 Å². The molecule has 0 radical (unpaired) electrons. The van der Waals surface area contributed by atoms with E-state index in [1.807, 2.05) is 6.92 Å². The molecule has 2 bridgehead atoms. The molecule has 1 aromatic carbocycles. The van der Waals surface area contributed by atoms with Crippen LogP contribution in [0.15, 0.2) is 30.3 Å². The highest BCUT2D eigenvalue weighted by atomic mass is 16.6. The third-order valence-corrected chi connectivity index (χ3v) is 6.37. The van der Waals surface area contributed by atoms with Crippen molar-refractivity contribution in [2.45, 2.75) is 32.6 Å². The van der Waals surface area contributed by atoms with E-state index in [0.717, 1.165) is 24.7 Å². The lowest BCUT2D eigenvalue weighted by atomic mass is 9.76. The van der Waals surface area contributed by atoms with E-state index in [1.54, 1.807) is 24.3 Å². The fourth-order valence-electron chi connectivity index (χ4n) is 4.70. The maximum atomic E-state index is 12.8. The van der Waals surface area contributed by atoms with Gasteiger partial charge in [-0.1, -0.05) is 13.0 Å². The maximum absolute atomic E-state index is 12.8. The highest BCUT2D eigenvalue weighted by Gasteiger charge is 2.34. The number of ketones is 1. The molecule has 0 amide bonds. The predicted molar refractivity (Wildman–Crippen MR) is 104 cm³/mol. The Kier molecular flexibility index (Phi) is 4.91. The number of benzene rings is 1. The average molecular weight is 367 g/mol. The molecule has 3 aliphatic heterocycles. The number of nitro benzene ring substituents is 1. The number of non-ortho nitro benzene ring substituents is 1. The standard InChI is InChI=1S/C21H25N3O3/c1-14(5-6-16-13-23-11-9-15(16)10-12-23)21(25)19-8-7-17-18(22-19)3-2-4-20(17)24(26)27/h2-4,7-8,14-16H,5-6,9-13H2,1H3. The largest absolute Gasteiger partial charge is 0.303 e. The zero-order valence-electron chi connectivity index (χ0n) is 15.6. The van der Waals surface area contributed by atoms with Crippen LogP contribution < -0.4 is 0 Å². The van der Waals surface area contributed by atoms with Crippen LogP contribution in [0, 0.1) is 27.9 Å². The molecule has 1 aromatic heterocycles. The van der Waals surface area contributed by atoms with Gasteiger partial charge in [0.05, 0.1) is 15.8 Å². The van der Waals surface area contributed by atoms with Crippen LogP contribution in [0.25, 0.3) is 10.9 Å². The Bertz CT molecular complexity index is 874. The van der Waals surface area contributed by atoms with Gasteiger partial charge in [0.2, 0.25) is 0 Å². The van der Waals surface area contributed by atoms with Crippen molar-refractivity contribution in [1.82, 2.24) is 9.88 Å². The molecule has 3 saturated heterocycles. The number of piperidine rings is 3. The molecule has 27 heavy (non-hydrogen) atoms. The quantitative estimate of drug-likeness (QED) is 0.437. The molecule has 3 fully saturated rings. The van der Waals surface area contributed by atoms with Gasteiger partial charge in [-0.15, -0.1) is 0 Å². The lowest BCUT2D eigenvalue weighted by molar-refractivity contribution is -0.383. The molecule has 3 aliphatic rings. The van der Waals surface area contributed by atoms with Crippen molar-refractivity contribution in [2.75, 3.05) is 19.6 Å². The van der Waals surface area contributed by atoms with Crippen molar-refractivity contribution < 1.29 is 9.72 Å². The van der Waals surface area contributed by atoms with Crippen LogP contribution in [0.3, 0.4) is 0 Å². The summed E-state index contributed by atoms with van der Waals surface area (Å²) in [5.41, 5.74) is 0.929. The van der Waals surface area contributed by atoms with E-state index in [2.05, 4.69) is 9.88 Å². The Morgan fingerprint density at radius 3 is 2.74 bits per heavy atom. The number of fused-ring (bicyclic) bond motifs is 4. The third kappa shape index (κ3) is 3.58. The van der Waals surface area contributed by atoms with Crippen molar-refractivity contribution in [1.29, 1.82) is 0 Å². The van der Waals surface area contributed by atoms with Gasteiger partial charge in [-0.05, 0) is 68.8 Å². The summed E-state index contributed by atoms with van der Waals surface area (Å²) in [6.45, 7) is 5.64. The van der Waals surface area contributed by atoms with E-state index < -0.39 is 4.92 Å². The molecule has 5 rings (SSSR count). The molecule has 2 atom stereocenters. The van der Waals surface area contributed by atoms with Crippen LogP contribution in [0.1, 0.15) is 43.1 Å². The van der Waals surface area contributed by atoms with Gasteiger partial charge in [0.1, 0.15) is 5.69 Å². The number of nitro groups is 1. The summed E-state index contributed by atoms with van der Waals surface area (Å²) in [5.74, 6) is 1.50. The van der Waals surface area contributed by atoms with Gasteiger partial charge in [-0.2, -0.15) is 0 Å². The van der Waals surface area contributed by atoms with E-state index in [0.29, 0.717) is 16.6 Å². The summed E-state index contributed by atoms with van der Waals surface area (Å²) in [7, 11) is 0. The average Bonchev–Trinajstić information content (AvgIpc) is 2.71. The number of pyridine rings is 1. The zero-order valence-corrected chi connectivity index (χ0v) is 15.6. The Labute approximate surface area is 158 Å². The summed E-state index contributed by atoms with van der Waals surface area (Å²) in [5, 5.41) is 11.6. The first-order valence-corrected chi connectivity index (χ1v) is 9.83. The normalized spacial score (nSPS) is 25.4. The molecule has 0 N–H and O–H groups in total. The molecule has 6 nitrogen and oxygen atoms in total. The lowest BCUT2D eigenvalue weighted by Crippen LogP contribution is -2.47. The lowest BCUT2D eigenvalue weighted by Gasteiger charge is -2.45. The van der Waals surface area contributed by atoms with E-state index >= 15 is 0 Å². The molecule has 0 aliphatic carbocycles. The fourth-order valence-corrected chi connectivity index (χ4v) is 4.70. The molecule has 2 unspecified atom stereocenters. The maximum Gasteiger partial charge on any atom is 0.278 e. The van der Waals surface area contributed by atoms with Crippen LogP contribution in [-0.4, -0.2) is 40.2 Å². The Morgan fingerprint density at radius 1 is 1.30 bits per heavy atom. The van der Waals surface area contributed by atoms with Crippen LogP contribution in [0.2, 0.25) is 0 Å². The van der Waals surface area contributed by atoms with Crippen molar-refractivity contribution in [3.05, 3.63) is 46.1 Å². The Morgan fingerprint density at radius 2 is 2.07 bits per heavy atom. The van der Waals surface area contributed by atoms with Gasteiger partial charge in [-0.25, -0.2) is 4.98 Å². The van der Waals surface area contributed by atoms with Crippen molar-refractivity contribution in [2.24, 2.45) is 17.8 Å². The van der Waals surface area contributed by atoms with Crippen molar-refractivity contribution in [3.8, 4) is 0 Å². The highest BCUT2D eigenvalue weighted by molar-refractivity contribution is 5.99. The first-order chi connectivity index (χ1) is 13.0. The van der Waals surface area contributed by atoms with Crippen LogP contribution >= 0.6 is 0 Å². The topological polar surface area (TPSA) is 76.3 Å². The van der Waals surface area contributed by atoms with Crippen molar-refractivity contribution >= 4 is 22.4 Å². The summed E-state index contributed by atoms with van der Waals surface area (Å²) < 4.78 is 0. The van der Waals surface area contributed by atoms with Crippen LogP contribution in [0.5, 0.6) is 0 Å². The highest BCUT2D eigenvalue weighted by Crippen LogP contribution is 2.36. The van der Waals surface area contributed by atoms with Gasteiger partial charge in [-0.3, -0.25) is 14.9 Å². The molecular weight excluding hydrogens is 342 g/mol. The number of carbonyl (C=O) groups excluding carboxylic acids is 1. The SMILES string of the molecule is CC(CCC1CN2CCC1CC2)C(=O)c1ccc2c([N+](=O)[O-])cccc2n1. The number of hydrogen-bond donors (Lipinski definition) is 0. The third-order valence-electron chi connectivity index (χ3n) is 6.37. The van der Waals surface area contributed by atoms with Gasteiger partial charge in [0, 0.05) is 18.5 Å². The van der Waals surface area contributed by atoms with Gasteiger partial charge in [0.25, 0.3) is 5.69 Å². The molecule has 2 aromatic rings. The van der Waals surface area contributed by atoms with Gasteiger partial charge < -0.3 is 4.90 Å². The molecule has 142 valence electrons. The van der Waals surface area contributed by atoms with E-state index in [1.165, 1.54) is 38.5 Å². The predicted octanol–water partition coefficient (Wildman–Crippen LogP) is 4.08. The van der Waals surface area contributed by atoms with Crippen molar-refractivity contribution in [3.63, 3.8) is 0 Å². The molecular formula is C21H25N3O3. The van der Waals surface area contributed by atoms with E-state index in [9.17, 15) is 14.9 Å². The Hall–Kier alpha value is -2.34. The summed E-state index contributed by atoms with van der Waals surface area (Å²) in [6, 6.07) is 8.06.